The van der Waals surface area contributed by atoms with E-state index in [-0.39, 0.29) is 11.6 Å². The van der Waals surface area contributed by atoms with E-state index < -0.39 is 0 Å². The van der Waals surface area contributed by atoms with Gasteiger partial charge in [0.2, 0.25) is 0 Å². The number of aromatic amines is 1. The third-order valence-corrected chi connectivity index (χ3v) is 4.36. The summed E-state index contributed by atoms with van der Waals surface area (Å²) in [6.07, 6.45) is 4.02. The lowest BCUT2D eigenvalue weighted by atomic mass is 9.96. The van der Waals surface area contributed by atoms with E-state index in [1.165, 1.54) is 0 Å². The smallest absolute Gasteiger partial charge is 0.254 e. The minimum atomic E-state index is -0.0158. The normalized spacial score (nSPS) is 17.3. The molecular weight excluding hydrogens is 298 g/mol. The summed E-state index contributed by atoms with van der Waals surface area (Å²) in [5.74, 6) is 0.616. The second-order valence-electron chi connectivity index (χ2n) is 5.68. The first-order valence-electron chi connectivity index (χ1n) is 7.81. The summed E-state index contributed by atoms with van der Waals surface area (Å²) in [6.45, 7) is 3.01. The molecule has 1 atom stereocenters. The number of nitrogens with one attached hydrogen (secondary N) is 2. The highest BCUT2D eigenvalue weighted by Crippen LogP contribution is 2.25. The van der Waals surface area contributed by atoms with Crippen molar-refractivity contribution in [2.45, 2.75) is 38.6 Å². The Kier molecular flexibility index (Phi) is 4.60. The van der Waals surface area contributed by atoms with Gasteiger partial charge in [0.15, 0.2) is 0 Å². The van der Waals surface area contributed by atoms with Gasteiger partial charge in [-0.1, -0.05) is 31.4 Å². The van der Waals surface area contributed by atoms with Crippen LogP contribution in [0.25, 0.3) is 11.4 Å². The van der Waals surface area contributed by atoms with Crippen molar-refractivity contribution in [1.29, 1.82) is 0 Å². The molecule has 0 saturated heterocycles. The summed E-state index contributed by atoms with van der Waals surface area (Å²) in [6, 6.07) is 7.55. The number of aromatic nitrogens is 2. The summed E-state index contributed by atoms with van der Waals surface area (Å²) in [5, 5.41) is 4.16. The van der Waals surface area contributed by atoms with E-state index in [2.05, 4.69) is 17.2 Å². The molecular formula is C17H20ClN3O. The molecule has 3 rings (SSSR count). The molecule has 0 spiro atoms. The van der Waals surface area contributed by atoms with Crippen LogP contribution >= 0.6 is 11.6 Å². The second-order valence-corrected chi connectivity index (χ2v) is 6.12. The first-order valence-corrected chi connectivity index (χ1v) is 8.19. The van der Waals surface area contributed by atoms with Crippen LogP contribution in [0.15, 0.2) is 29.1 Å². The number of rotatable bonds is 4. The van der Waals surface area contributed by atoms with Crippen LogP contribution in [-0.4, -0.2) is 16.5 Å². The Morgan fingerprint density at radius 1 is 1.32 bits per heavy atom. The molecule has 1 aliphatic rings. The summed E-state index contributed by atoms with van der Waals surface area (Å²) in [4.78, 5) is 20.1. The van der Waals surface area contributed by atoms with Crippen molar-refractivity contribution in [3.05, 3.63) is 50.9 Å². The predicted molar refractivity (Wildman–Crippen MR) is 89.3 cm³/mol. The second kappa shape index (κ2) is 6.63. The fourth-order valence-electron chi connectivity index (χ4n) is 2.90. The zero-order valence-corrected chi connectivity index (χ0v) is 13.4. The average Bonchev–Trinajstić information content (AvgIpc) is 2.53. The van der Waals surface area contributed by atoms with Crippen molar-refractivity contribution in [2.75, 3.05) is 6.54 Å². The van der Waals surface area contributed by atoms with E-state index in [0.717, 1.165) is 49.0 Å². The van der Waals surface area contributed by atoms with Crippen LogP contribution in [0.4, 0.5) is 0 Å². The van der Waals surface area contributed by atoms with Gasteiger partial charge in [0.05, 0.1) is 11.7 Å². The fourth-order valence-corrected chi connectivity index (χ4v) is 3.03. The Balaban J connectivity index is 2.02. The van der Waals surface area contributed by atoms with E-state index >= 15 is 0 Å². The largest absolute Gasteiger partial charge is 0.308 e. The number of hydrogen-bond acceptors (Lipinski definition) is 3. The van der Waals surface area contributed by atoms with Crippen LogP contribution < -0.4 is 10.9 Å². The van der Waals surface area contributed by atoms with Crippen molar-refractivity contribution in [1.82, 2.24) is 15.3 Å². The van der Waals surface area contributed by atoms with Gasteiger partial charge < -0.3 is 10.3 Å². The van der Waals surface area contributed by atoms with Crippen LogP contribution in [0.5, 0.6) is 0 Å². The molecule has 0 radical (unpaired) electrons. The maximum atomic E-state index is 12.4. The number of hydrogen-bond donors (Lipinski definition) is 2. The standard InChI is InChI=1S/C17H20ClN3O/c1-2-3-4-14-15-13(9-10-19-14)17(22)21-16(20-15)11-5-7-12(18)8-6-11/h5-8,14,19H,2-4,9-10H2,1H3,(H,20,21,22). The van der Waals surface area contributed by atoms with Gasteiger partial charge in [-0.05, 0) is 37.1 Å². The predicted octanol–water partition coefficient (Wildman–Crippen LogP) is 3.47. The third-order valence-electron chi connectivity index (χ3n) is 4.11. The van der Waals surface area contributed by atoms with E-state index in [0.29, 0.717) is 10.8 Å². The highest BCUT2D eigenvalue weighted by molar-refractivity contribution is 6.30. The number of fused-ring (bicyclic) bond motifs is 1. The molecule has 0 saturated carbocycles. The van der Waals surface area contributed by atoms with E-state index in [1.54, 1.807) is 0 Å². The van der Waals surface area contributed by atoms with E-state index in [9.17, 15) is 4.79 Å². The van der Waals surface area contributed by atoms with Crippen molar-refractivity contribution in [3.8, 4) is 11.4 Å². The monoisotopic (exact) mass is 317 g/mol. The topological polar surface area (TPSA) is 57.8 Å². The van der Waals surface area contributed by atoms with Gasteiger partial charge >= 0.3 is 0 Å². The summed E-state index contributed by atoms with van der Waals surface area (Å²) in [5.41, 5.74) is 2.60. The summed E-state index contributed by atoms with van der Waals surface area (Å²) >= 11 is 5.92. The van der Waals surface area contributed by atoms with Gasteiger partial charge in [0.1, 0.15) is 5.82 Å². The molecule has 116 valence electrons. The van der Waals surface area contributed by atoms with Crippen molar-refractivity contribution >= 4 is 11.6 Å². The molecule has 1 aromatic carbocycles. The molecule has 0 amide bonds. The Hall–Kier alpha value is -1.65. The lowest BCUT2D eigenvalue weighted by Gasteiger charge is -2.25. The van der Waals surface area contributed by atoms with Gasteiger partial charge in [-0.15, -0.1) is 0 Å². The molecule has 22 heavy (non-hydrogen) atoms. The first kappa shape index (κ1) is 15.3. The molecule has 1 aromatic heterocycles. The molecule has 5 heteroatoms. The average molecular weight is 318 g/mol. The summed E-state index contributed by atoms with van der Waals surface area (Å²) < 4.78 is 0. The molecule has 2 aromatic rings. The minimum absolute atomic E-state index is 0.0158. The van der Waals surface area contributed by atoms with Crippen molar-refractivity contribution < 1.29 is 0 Å². The van der Waals surface area contributed by atoms with E-state index in [4.69, 9.17) is 16.6 Å². The van der Waals surface area contributed by atoms with Gasteiger partial charge in [-0.25, -0.2) is 4.98 Å². The zero-order chi connectivity index (χ0) is 15.5. The molecule has 0 fully saturated rings. The number of nitrogens with zero attached hydrogens (tertiary/aromatic N) is 1. The van der Waals surface area contributed by atoms with Crippen LogP contribution in [-0.2, 0) is 6.42 Å². The molecule has 1 unspecified atom stereocenters. The molecule has 4 nitrogen and oxygen atoms in total. The molecule has 0 bridgehead atoms. The van der Waals surface area contributed by atoms with Gasteiger partial charge in [0.25, 0.3) is 5.56 Å². The van der Waals surface area contributed by atoms with Crippen LogP contribution in [0.1, 0.15) is 43.5 Å². The van der Waals surface area contributed by atoms with E-state index in [1.807, 2.05) is 24.3 Å². The van der Waals surface area contributed by atoms with Gasteiger partial charge in [0, 0.05) is 22.7 Å². The highest BCUT2D eigenvalue weighted by Gasteiger charge is 2.24. The molecule has 2 heterocycles. The third kappa shape index (κ3) is 3.08. The molecule has 1 aliphatic heterocycles. The van der Waals surface area contributed by atoms with Crippen LogP contribution in [0.2, 0.25) is 5.02 Å². The fraction of sp³-hybridized carbons (Fsp3) is 0.412. The Morgan fingerprint density at radius 2 is 2.09 bits per heavy atom. The van der Waals surface area contributed by atoms with Crippen LogP contribution in [0, 0.1) is 0 Å². The Bertz CT molecular complexity index is 709. The number of benzene rings is 1. The van der Waals surface area contributed by atoms with Crippen molar-refractivity contribution in [2.24, 2.45) is 0 Å². The molecule has 0 aliphatic carbocycles. The SMILES string of the molecule is CCCCC1NCCc2c1nc(-c1ccc(Cl)cc1)[nH]c2=O. The van der Waals surface area contributed by atoms with Crippen LogP contribution in [0.3, 0.4) is 0 Å². The van der Waals surface area contributed by atoms with Gasteiger partial charge in [-0.3, -0.25) is 4.79 Å². The lowest BCUT2D eigenvalue weighted by Crippen LogP contribution is -2.35. The Labute approximate surface area is 134 Å². The zero-order valence-electron chi connectivity index (χ0n) is 12.7. The van der Waals surface area contributed by atoms with Crippen molar-refractivity contribution in [3.63, 3.8) is 0 Å². The molecule has 2 N–H and O–H groups in total. The highest BCUT2D eigenvalue weighted by atomic mass is 35.5. The number of halogens is 1. The number of unbranched alkanes of at least 4 members (excludes halogenated alkanes) is 1. The maximum absolute atomic E-state index is 12.4. The minimum Gasteiger partial charge on any atom is -0.308 e. The Morgan fingerprint density at radius 3 is 2.82 bits per heavy atom. The quantitative estimate of drug-likeness (QED) is 0.908. The number of H-pyrrole nitrogens is 1. The maximum Gasteiger partial charge on any atom is 0.254 e. The summed E-state index contributed by atoms with van der Waals surface area (Å²) in [7, 11) is 0. The van der Waals surface area contributed by atoms with Gasteiger partial charge in [-0.2, -0.15) is 0 Å². The lowest BCUT2D eigenvalue weighted by molar-refractivity contribution is 0.446. The first-order chi connectivity index (χ1) is 10.7.